The summed E-state index contributed by atoms with van der Waals surface area (Å²) in [5, 5.41) is 0. The van der Waals surface area contributed by atoms with Crippen LogP contribution in [-0.2, 0) is 0 Å². The molecule has 94 valence electrons. The zero-order valence-corrected chi connectivity index (χ0v) is 11.7. The molecule has 0 aliphatic heterocycles. The molecule has 0 aliphatic carbocycles. The molecule has 5 heteroatoms. The maximum atomic E-state index is 12.3. The second-order valence-corrected chi connectivity index (χ2v) is 5.78. The number of halogens is 1. The van der Waals surface area contributed by atoms with Gasteiger partial charge in [0, 0.05) is 12.2 Å². The third kappa shape index (κ3) is 2.89. The summed E-state index contributed by atoms with van der Waals surface area (Å²) in [6.07, 6.45) is 1.72. The van der Waals surface area contributed by atoms with Crippen LogP contribution in [0.2, 0.25) is 4.34 Å². The molecule has 0 aromatic carbocycles. The van der Waals surface area contributed by atoms with Crippen molar-refractivity contribution in [3.05, 3.63) is 51.2 Å². The van der Waals surface area contributed by atoms with Gasteiger partial charge in [0.1, 0.15) is 5.49 Å². The van der Waals surface area contributed by atoms with E-state index in [-0.39, 0.29) is 11.9 Å². The van der Waals surface area contributed by atoms with Crippen molar-refractivity contribution in [2.24, 2.45) is 4.99 Å². The second kappa shape index (κ2) is 5.50. The molecule has 0 bridgehead atoms. The van der Waals surface area contributed by atoms with Crippen molar-refractivity contribution in [3.63, 3.8) is 0 Å². The maximum Gasteiger partial charge on any atom is 0.273 e. The van der Waals surface area contributed by atoms with Crippen molar-refractivity contribution < 1.29 is 4.79 Å². The smallest absolute Gasteiger partial charge is 0.267 e. The number of hydrogen-bond donors (Lipinski definition) is 0. The van der Waals surface area contributed by atoms with Crippen LogP contribution in [0.3, 0.4) is 0 Å². The van der Waals surface area contributed by atoms with Crippen molar-refractivity contribution in [1.82, 2.24) is 4.57 Å². The average Bonchev–Trinajstić information content (AvgIpc) is 2.75. The molecule has 0 saturated carbocycles. The summed E-state index contributed by atoms with van der Waals surface area (Å²) in [5.74, 6) is -0.105. The van der Waals surface area contributed by atoms with Gasteiger partial charge in [-0.2, -0.15) is 0 Å². The highest BCUT2D eigenvalue weighted by molar-refractivity contribution is 7.18. The summed E-state index contributed by atoms with van der Waals surface area (Å²) in [5.41, 5.74) is 0.655. The molecule has 2 aromatic rings. The monoisotopic (exact) mass is 280 g/mol. The van der Waals surface area contributed by atoms with Crippen molar-refractivity contribution in [3.8, 4) is 0 Å². The van der Waals surface area contributed by atoms with Gasteiger partial charge in [0.2, 0.25) is 0 Å². The van der Waals surface area contributed by atoms with Gasteiger partial charge >= 0.3 is 0 Å². The lowest BCUT2D eigenvalue weighted by Gasteiger charge is -2.05. The lowest BCUT2D eigenvalue weighted by atomic mass is 10.4. The van der Waals surface area contributed by atoms with Gasteiger partial charge in [-0.1, -0.05) is 17.7 Å². The molecule has 18 heavy (non-hydrogen) atoms. The van der Waals surface area contributed by atoms with Crippen molar-refractivity contribution in [2.45, 2.75) is 19.9 Å². The molecule has 3 nitrogen and oxygen atoms in total. The van der Waals surface area contributed by atoms with E-state index >= 15 is 0 Å². The first-order chi connectivity index (χ1) is 8.58. The molecule has 2 rings (SSSR count). The highest BCUT2D eigenvalue weighted by atomic mass is 35.5. The molecular weight excluding hydrogens is 268 g/mol. The predicted octanol–water partition coefficient (Wildman–Crippen LogP) is 3.20. The normalized spacial score (nSPS) is 12.1. The fourth-order valence-electron chi connectivity index (χ4n) is 1.52. The molecule has 0 atom stereocenters. The van der Waals surface area contributed by atoms with E-state index in [0.717, 1.165) is 0 Å². The van der Waals surface area contributed by atoms with Crippen molar-refractivity contribution >= 4 is 28.8 Å². The molecule has 0 unspecified atom stereocenters. The minimum absolute atomic E-state index is 0.105. The van der Waals surface area contributed by atoms with Crippen LogP contribution in [0.5, 0.6) is 0 Å². The minimum Gasteiger partial charge on any atom is -0.267 e. The molecule has 2 heterocycles. The Balaban J connectivity index is 2.49. The third-order valence-corrected chi connectivity index (χ3v) is 3.45. The SMILES string of the molecule is CC(C)N=c1ccccn1C(=O)c1ccc(Cl)s1. The fraction of sp³-hybridized carbons (Fsp3) is 0.231. The molecule has 0 saturated heterocycles. The van der Waals surface area contributed by atoms with E-state index in [1.165, 1.54) is 11.3 Å². The van der Waals surface area contributed by atoms with Crippen LogP contribution >= 0.6 is 22.9 Å². The first-order valence-corrected chi connectivity index (χ1v) is 6.79. The number of nitrogens with zero attached hydrogens (tertiary/aromatic N) is 2. The van der Waals surface area contributed by atoms with Gasteiger partial charge in [0.25, 0.3) is 5.91 Å². The molecule has 2 aromatic heterocycles. The van der Waals surface area contributed by atoms with Gasteiger partial charge < -0.3 is 0 Å². The highest BCUT2D eigenvalue weighted by Gasteiger charge is 2.11. The van der Waals surface area contributed by atoms with Crippen LogP contribution in [0.25, 0.3) is 0 Å². The fourth-order valence-corrected chi connectivity index (χ4v) is 2.50. The van der Waals surface area contributed by atoms with E-state index in [4.69, 9.17) is 11.6 Å². The largest absolute Gasteiger partial charge is 0.273 e. The van der Waals surface area contributed by atoms with Crippen molar-refractivity contribution in [1.29, 1.82) is 0 Å². The first kappa shape index (κ1) is 13.1. The minimum atomic E-state index is -0.105. The van der Waals surface area contributed by atoms with E-state index in [1.807, 2.05) is 32.0 Å². The molecule has 0 radical (unpaired) electrons. The van der Waals surface area contributed by atoms with Crippen LogP contribution in [-0.4, -0.2) is 16.5 Å². The number of carbonyl (C=O) groups is 1. The Bertz CT molecular complexity index is 628. The van der Waals surface area contributed by atoms with Crippen LogP contribution < -0.4 is 5.49 Å². The Labute approximate surface area is 114 Å². The summed E-state index contributed by atoms with van der Waals surface area (Å²) in [7, 11) is 0. The van der Waals surface area contributed by atoms with Gasteiger partial charge in [-0.3, -0.25) is 14.4 Å². The van der Waals surface area contributed by atoms with Gasteiger partial charge in [0.05, 0.1) is 9.21 Å². The average molecular weight is 281 g/mol. The second-order valence-electron chi connectivity index (χ2n) is 4.06. The summed E-state index contributed by atoms with van der Waals surface area (Å²) in [6, 6.07) is 9.10. The van der Waals surface area contributed by atoms with Gasteiger partial charge in [-0.15, -0.1) is 11.3 Å². The highest BCUT2D eigenvalue weighted by Crippen LogP contribution is 2.21. The summed E-state index contributed by atoms with van der Waals surface area (Å²) in [6.45, 7) is 3.95. The molecule has 0 amide bonds. The van der Waals surface area contributed by atoms with Crippen LogP contribution in [0.4, 0.5) is 0 Å². The van der Waals surface area contributed by atoms with E-state index in [9.17, 15) is 4.79 Å². The van der Waals surface area contributed by atoms with Crippen LogP contribution in [0.15, 0.2) is 41.5 Å². The molecule has 0 aliphatic rings. The number of thiophene rings is 1. The lowest BCUT2D eigenvalue weighted by Crippen LogP contribution is -2.27. The topological polar surface area (TPSA) is 34.4 Å². The van der Waals surface area contributed by atoms with E-state index < -0.39 is 0 Å². The third-order valence-electron chi connectivity index (χ3n) is 2.23. The van der Waals surface area contributed by atoms with E-state index in [1.54, 1.807) is 22.9 Å². The zero-order valence-electron chi connectivity index (χ0n) is 10.1. The van der Waals surface area contributed by atoms with Crippen LogP contribution in [0.1, 0.15) is 23.5 Å². The van der Waals surface area contributed by atoms with Gasteiger partial charge in [0.15, 0.2) is 0 Å². The van der Waals surface area contributed by atoms with E-state index in [2.05, 4.69) is 4.99 Å². The number of rotatable bonds is 2. The standard InChI is InChI=1S/C13H13ClN2OS/c1-9(2)15-12-5-3-4-8-16(12)13(17)10-6-7-11(14)18-10/h3-9H,1-2H3. The zero-order chi connectivity index (χ0) is 13.1. The number of pyridine rings is 1. The van der Waals surface area contributed by atoms with Gasteiger partial charge in [-0.25, -0.2) is 0 Å². The quantitative estimate of drug-likeness (QED) is 0.832. The van der Waals surface area contributed by atoms with Gasteiger partial charge in [-0.05, 0) is 38.1 Å². The van der Waals surface area contributed by atoms with E-state index in [0.29, 0.717) is 14.7 Å². The molecule has 0 N–H and O–H groups in total. The lowest BCUT2D eigenvalue weighted by molar-refractivity contribution is 0.0958. The predicted molar refractivity (Wildman–Crippen MR) is 74.2 cm³/mol. The Morgan fingerprint density at radius 3 is 2.72 bits per heavy atom. The number of hydrogen-bond acceptors (Lipinski definition) is 3. The molecular formula is C13H13ClN2OS. The Kier molecular flexibility index (Phi) is 3.99. The first-order valence-electron chi connectivity index (χ1n) is 5.59. The Morgan fingerprint density at radius 1 is 1.33 bits per heavy atom. The summed E-state index contributed by atoms with van der Waals surface area (Å²) >= 11 is 7.12. The summed E-state index contributed by atoms with van der Waals surface area (Å²) < 4.78 is 2.15. The molecule has 0 fully saturated rings. The summed E-state index contributed by atoms with van der Waals surface area (Å²) in [4.78, 5) is 17.4. The van der Waals surface area contributed by atoms with Crippen molar-refractivity contribution in [2.75, 3.05) is 0 Å². The maximum absolute atomic E-state index is 12.3. The Hall–Kier alpha value is -1.39. The number of carbonyl (C=O) groups excluding carboxylic acids is 1. The molecule has 0 spiro atoms. The van der Waals surface area contributed by atoms with Crippen LogP contribution in [0, 0.1) is 0 Å². The number of aromatic nitrogens is 1. The Morgan fingerprint density at radius 2 is 2.11 bits per heavy atom.